The number of aryl methyl sites for hydroxylation is 1. The van der Waals surface area contributed by atoms with Gasteiger partial charge in [-0.2, -0.15) is 0 Å². The first-order valence-corrected chi connectivity index (χ1v) is 11.5. The molecule has 1 heterocycles. The number of carbonyl (C=O) groups is 1. The molecule has 0 saturated carbocycles. The van der Waals surface area contributed by atoms with E-state index in [4.69, 9.17) is 0 Å². The van der Waals surface area contributed by atoms with Gasteiger partial charge >= 0.3 is 0 Å². The zero-order chi connectivity index (χ0) is 20.3. The number of nitrogens with one attached hydrogen (secondary N) is 1. The number of hydrogen-bond donors (Lipinski definition) is 1. The number of aromatic nitrogens is 1. The molecule has 0 aliphatic rings. The van der Waals surface area contributed by atoms with Crippen LogP contribution in [0.5, 0.6) is 0 Å². The number of sulfone groups is 1. The van der Waals surface area contributed by atoms with E-state index >= 15 is 0 Å². The summed E-state index contributed by atoms with van der Waals surface area (Å²) in [5.41, 5.74) is 1.93. The highest BCUT2D eigenvalue weighted by atomic mass is 32.2. The molecule has 0 fully saturated rings. The fourth-order valence-corrected chi connectivity index (χ4v) is 5.08. The van der Waals surface area contributed by atoms with Gasteiger partial charge in [0.25, 0.3) is 0 Å². The summed E-state index contributed by atoms with van der Waals surface area (Å²) in [7, 11) is 0.273. The molecule has 0 unspecified atom stereocenters. The van der Waals surface area contributed by atoms with Crippen molar-refractivity contribution >= 4 is 42.4 Å². The van der Waals surface area contributed by atoms with Crippen LogP contribution in [0.1, 0.15) is 5.56 Å². The van der Waals surface area contributed by atoms with E-state index in [0.717, 1.165) is 15.8 Å². The number of carbonyl (C=O) groups excluding carboxylic acids is 1. The molecule has 3 aromatic rings. The van der Waals surface area contributed by atoms with Crippen LogP contribution in [0, 0.1) is 6.92 Å². The summed E-state index contributed by atoms with van der Waals surface area (Å²) in [6.45, 7) is 3.10. The maximum Gasteiger partial charge on any atom is 0.244 e. The van der Waals surface area contributed by atoms with Crippen LogP contribution >= 0.6 is 11.3 Å². The van der Waals surface area contributed by atoms with E-state index < -0.39 is 21.5 Å². The molecule has 8 heteroatoms. The van der Waals surface area contributed by atoms with E-state index in [2.05, 4.69) is 4.98 Å². The molecule has 1 amide bonds. The van der Waals surface area contributed by atoms with Gasteiger partial charge in [-0.25, -0.2) is 13.4 Å². The quantitative estimate of drug-likeness (QED) is 0.632. The summed E-state index contributed by atoms with van der Waals surface area (Å²) in [5.74, 6) is -1.03. The topological polar surface area (TPSA) is 71.8 Å². The lowest BCUT2D eigenvalue weighted by molar-refractivity contribution is -0.856. The smallest absolute Gasteiger partial charge is 0.244 e. The third-order valence-electron chi connectivity index (χ3n) is 4.32. The van der Waals surface area contributed by atoms with Crippen molar-refractivity contribution in [1.29, 1.82) is 0 Å². The lowest BCUT2D eigenvalue weighted by atomic mass is 10.2. The first kappa shape index (κ1) is 20.4. The zero-order valence-corrected chi connectivity index (χ0v) is 17.8. The van der Waals surface area contributed by atoms with Crippen molar-refractivity contribution in [2.45, 2.75) is 11.8 Å². The Bertz CT molecular complexity index is 1080. The molecular formula is C20H24N3O3S2+. The van der Waals surface area contributed by atoms with E-state index in [9.17, 15) is 13.2 Å². The Morgan fingerprint density at radius 1 is 1.14 bits per heavy atom. The van der Waals surface area contributed by atoms with Gasteiger partial charge in [0, 0.05) is 0 Å². The van der Waals surface area contributed by atoms with Crippen molar-refractivity contribution in [2.24, 2.45) is 0 Å². The molecule has 2 aromatic carbocycles. The van der Waals surface area contributed by atoms with Crippen LogP contribution in [0.15, 0.2) is 53.4 Å². The molecule has 0 bridgehead atoms. The van der Waals surface area contributed by atoms with Crippen LogP contribution in [0.3, 0.4) is 0 Å². The molecule has 0 atom stereocenters. The van der Waals surface area contributed by atoms with Crippen molar-refractivity contribution in [3.05, 3.63) is 54.1 Å². The predicted molar refractivity (Wildman–Crippen MR) is 113 cm³/mol. The number of hydrogen-bond acceptors (Lipinski definition) is 5. The van der Waals surface area contributed by atoms with Crippen LogP contribution in [0.4, 0.5) is 5.13 Å². The van der Waals surface area contributed by atoms with E-state index in [1.165, 1.54) is 33.3 Å². The SMILES string of the molecule is Cc1ccc2nc(N(CC[NH+](C)C)C(=O)CS(=O)(=O)c3ccccc3)sc2c1. The molecule has 0 aliphatic carbocycles. The molecular weight excluding hydrogens is 394 g/mol. The van der Waals surface area contributed by atoms with E-state index in [1.807, 2.05) is 39.2 Å². The minimum absolute atomic E-state index is 0.154. The van der Waals surface area contributed by atoms with Gasteiger partial charge in [0.2, 0.25) is 5.91 Å². The van der Waals surface area contributed by atoms with Crippen molar-refractivity contribution in [3.63, 3.8) is 0 Å². The summed E-state index contributed by atoms with van der Waals surface area (Å²) >= 11 is 1.41. The van der Waals surface area contributed by atoms with Crippen LogP contribution in [-0.4, -0.2) is 52.2 Å². The third kappa shape index (κ3) is 4.76. The molecule has 1 aromatic heterocycles. The maximum atomic E-state index is 13.0. The average molecular weight is 419 g/mol. The van der Waals surface area contributed by atoms with Crippen LogP contribution < -0.4 is 9.80 Å². The molecule has 148 valence electrons. The number of rotatable bonds is 7. The number of likely N-dealkylation sites (N-methyl/N-ethyl adjacent to an activating group) is 1. The molecule has 0 spiro atoms. The summed E-state index contributed by atoms with van der Waals surface area (Å²) in [6.07, 6.45) is 0. The second kappa shape index (κ2) is 8.38. The Morgan fingerprint density at radius 2 is 1.86 bits per heavy atom. The van der Waals surface area contributed by atoms with Gasteiger partial charge in [0.1, 0.15) is 5.75 Å². The number of nitrogens with zero attached hydrogens (tertiary/aromatic N) is 2. The summed E-state index contributed by atoms with van der Waals surface area (Å²) in [4.78, 5) is 20.4. The second-order valence-corrected chi connectivity index (χ2v) is 10.0. The molecule has 0 saturated heterocycles. The van der Waals surface area contributed by atoms with Gasteiger partial charge in [0.05, 0.1) is 42.3 Å². The van der Waals surface area contributed by atoms with E-state index in [1.54, 1.807) is 18.2 Å². The van der Waals surface area contributed by atoms with Gasteiger partial charge in [-0.3, -0.25) is 9.69 Å². The highest BCUT2D eigenvalue weighted by Gasteiger charge is 2.27. The summed E-state index contributed by atoms with van der Waals surface area (Å²) in [5, 5.41) is 0.537. The van der Waals surface area contributed by atoms with Crippen molar-refractivity contribution in [3.8, 4) is 0 Å². The van der Waals surface area contributed by atoms with E-state index in [0.29, 0.717) is 18.2 Å². The standard InChI is InChI=1S/C20H23N3O3S2/c1-15-9-10-17-18(13-15)27-20(21-17)23(12-11-22(2)3)19(24)14-28(25,26)16-7-5-4-6-8-16/h4-10,13H,11-12,14H2,1-3H3/p+1. The Morgan fingerprint density at radius 3 is 2.54 bits per heavy atom. The molecule has 1 N–H and O–H groups in total. The lowest BCUT2D eigenvalue weighted by Gasteiger charge is -2.20. The fourth-order valence-electron chi connectivity index (χ4n) is 2.75. The van der Waals surface area contributed by atoms with Crippen molar-refractivity contribution < 1.29 is 18.1 Å². The fraction of sp³-hybridized carbons (Fsp3) is 0.300. The largest absolute Gasteiger partial charge is 0.338 e. The molecule has 3 rings (SSSR count). The maximum absolute atomic E-state index is 13.0. The minimum Gasteiger partial charge on any atom is -0.338 e. The number of benzene rings is 2. The summed E-state index contributed by atoms with van der Waals surface area (Å²) in [6, 6.07) is 14.0. The monoisotopic (exact) mass is 418 g/mol. The third-order valence-corrected chi connectivity index (χ3v) is 6.97. The van der Waals surface area contributed by atoms with Crippen LogP contribution in [-0.2, 0) is 14.6 Å². The van der Waals surface area contributed by atoms with Crippen molar-refractivity contribution in [2.75, 3.05) is 37.8 Å². The number of thiazole rings is 1. The Kier molecular flexibility index (Phi) is 6.12. The van der Waals surface area contributed by atoms with Gasteiger partial charge < -0.3 is 4.90 Å². The molecule has 0 radical (unpaired) electrons. The summed E-state index contributed by atoms with van der Waals surface area (Å²) < 4.78 is 26.3. The molecule has 6 nitrogen and oxygen atoms in total. The Balaban J connectivity index is 1.91. The predicted octanol–water partition coefficient (Wildman–Crippen LogP) is 1.56. The van der Waals surface area contributed by atoms with Gasteiger partial charge in [-0.1, -0.05) is 35.6 Å². The minimum atomic E-state index is -3.71. The van der Waals surface area contributed by atoms with Crippen LogP contribution in [0.2, 0.25) is 0 Å². The van der Waals surface area contributed by atoms with E-state index in [-0.39, 0.29) is 4.90 Å². The number of amides is 1. The normalized spacial score (nSPS) is 11.9. The highest BCUT2D eigenvalue weighted by Crippen LogP contribution is 2.29. The average Bonchev–Trinajstić information content (AvgIpc) is 3.04. The highest BCUT2D eigenvalue weighted by molar-refractivity contribution is 7.92. The molecule has 28 heavy (non-hydrogen) atoms. The van der Waals surface area contributed by atoms with Crippen LogP contribution in [0.25, 0.3) is 10.2 Å². The first-order chi connectivity index (χ1) is 13.3. The van der Waals surface area contributed by atoms with Gasteiger partial charge in [0.15, 0.2) is 15.0 Å². The number of anilines is 1. The molecule has 0 aliphatic heterocycles. The van der Waals surface area contributed by atoms with Gasteiger partial charge in [-0.15, -0.1) is 0 Å². The van der Waals surface area contributed by atoms with Crippen molar-refractivity contribution in [1.82, 2.24) is 4.98 Å². The Hall–Kier alpha value is -2.29. The zero-order valence-electron chi connectivity index (χ0n) is 16.2. The number of quaternary nitrogens is 1. The second-order valence-electron chi connectivity index (χ2n) is 7.04. The first-order valence-electron chi connectivity index (χ1n) is 9.00. The lowest BCUT2D eigenvalue weighted by Crippen LogP contribution is -3.06. The Labute approximate surface area is 169 Å². The number of fused-ring (bicyclic) bond motifs is 1. The van der Waals surface area contributed by atoms with Gasteiger partial charge in [-0.05, 0) is 36.8 Å².